The monoisotopic (exact) mass is 301 g/mol. The Bertz CT molecular complexity index is 696. The van der Waals surface area contributed by atoms with E-state index >= 15 is 0 Å². The first-order valence-electron chi connectivity index (χ1n) is 6.14. The standard InChI is InChI=1S/C16H12ClNO3/c1-21-16(20)13-9-7-12(15(17)18-13)8-10-14(19)11-5-3-2-4-6-11/h2-10H,1H3/b10-8+. The molecule has 0 bridgehead atoms. The number of allylic oxidation sites excluding steroid dienone is 1. The van der Waals surface area contributed by atoms with Crippen molar-refractivity contribution in [1.82, 2.24) is 4.98 Å². The van der Waals surface area contributed by atoms with Gasteiger partial charge in [-0.05, 0) is 24.3 Å². The molecular weight excluding hydrogens is 290 g/mol. The lowest BCUT2D eigenvalue weighted by Crippen LogP contribution is -2.04. The number of methoxy groups -OCH3 is 1. The van der Waals surface area contributed by atoms with Gasteiger partial charge in [-0.2, -0.15) is 0 Å². The molecule has 0 aliphatic heterocycles. The molecule has 0 spiro atoms. The molecule has 0 unspecified atom stereocenters. The molecular formula is C16H12ClNO3. The topological polar surface area (TPSA) is 56.3 Å². The van der Waals surface area contributed by atoms with Crippen molar-refractivity contribution in [2.75, 3.05) is 7.11 Å². The minimum atomic E-state index is -0.562. The Hall–Kier alpha value is -2.46. The molecule has 2 aromatic rings. The Kier molecular flexibility index (Phi) is 4.85. The Labute approximate surface area is 127 Å². The first kappa shape index (κ1) is 14.9. The van der Waals surface area contributed by atoms with Crippen LogP contribution >= 0.6 is 11.6 Å². The van der Waals surface area contributed by atoms with Crippen molar-refractivity contribution >= 4 is 29.4 Å². The largest absolute Gasteiger partial charge is 0.464 e. The predicted molar refractivity (Wildman–Crippen MR) is 80.4 cm³/mol. The molecule has 0 aliphatic carbocycles. The molecule has 1 heterocycles. The highest BCUT2D eigenvalue weighted by molar-refractivity contribution is 6.31. The summed E-state index contributed by atoms with van der Waals surface area (Å²) in [5.74, 6) is -0.698. The van der Waals surface area contributed by atoms with Gasteiger partial charge in [0.1, 0.15) is 10.8 Å². The number of nitrogens with zero attached hydrogens (tertiary/aromatic N) is 1. The lowest BCUT2D eigenvalue weighted by Gasteiger charge is -2.01. The van der Waals surface area contributed by atoms with Gasteiger partial charge in [0.2, 0.25) is 0 Å². The van der Waals surface area contributed by atoms with Crippen molar-refractivity contribution in [2.45, 2.75) is 0 Å². The maximum atomic E-state index is 11.9. The molecule has 106 valence electrons. The Morgan fingerprint density at radius 3 is 2.48 bits per heavy atom. The number of ketones is 1. The van der Waals surface area contributed by atoms with Crippen molar-refractivity contribution in [3.05, 3.63) is 70.5 Å². The third kappa shape index (κ3) is 3.77. The van der Waals surface area contributed by atoms with Crippen molar-refractivity contribution in [1.29, 1.82) is 0 Å². The summed E-state index contributed by atoms with van der Waals surface area (Å²) in [5.41, 5.74) is 1.26. The van der Waals surface area contributed by atoms with Crippen LogP contribution in [0.1, 0.15) is 26.4 Å². The normalized spacial score (nSPS) is 10.6. The molecule has 0 N–H and O–H groups in total. The second-order valence-electron chi connectivity index (χ2n) is 4.13. The molecule has 0 aliphatic rings. The van der Waals surface area contributed by atoms with E-state index in [9.17, 15) is 9.59 Å². The number of rotatable bonds is 4. The van der Waals surface area contributed by atoms with Crippen LogP contribution in [-0.2, 0) is 4.74 Å². The van der Waals surface area contributed by atoms with Gasteiger partial charge in [0, 0.05) is 11.1 Å². The van der Waals surface area contributed by atoms with Crippen molar-refractivity contribution in [3.8, 4) is 0 Å². The van der Waals surface area contributed by atoms with Crippen LogP contribution < -0.4 is 0 Å². The predicted octanol–water partition coefficient (Wildman–Crippen LogP) is 3.42. The SMILES string of the molecule is COC(=O)c1ccc(/C=C/C(=O)c2ccccc2)c(Cl)n1. The quantitative estimate of drug-likeness (QED) is 0.376. The first-order valence-corrected chi connectivity index (χ1v) is 6.52. The third-order valence-corrected chi connectivity index (χ3v) is 3.05. The molecule has 0 saturated carbocycles. The highest BCUT2D eigenvalue weighted by Crippen LogP contribution is 2.16. The lowest BCUT2D eigenvalue weighted by molar-refractivity contribution is 0.0594. The first-order chi connectivity index (χ1) is 10.1. The van der Waals surface area contributed by atoms with Gasteiger partial charge in [-0.3, -0.25) is 4.79 Å². The average molecular weight is 302 g/mol. The molecule has 0 fully saturated rings. The fourth-order valence-corrected chi connectivity index (χ4v) is 1.87. The van der Waals surface area contributed by atoms with Crippen molar-refractivity contribution in [2.24, 2.45) is 0 Å². The zero-order valence-corrected chi connectivity index (χ0v) is 12.0. The van der Waals surface area contributed by atoms with Gasteiger partial charge in [0.15, 0.2) is 5.78 Å². The molecule has 0 radical (unpaired) electrons. The number of esters is 1. The molecule has 4 nitrogen and oxygen atoms in total. The number of halogens is 1. The van der Waals surface area contributed by atoms with E-state index in [1.807, 2.05) is 6.07 Å². The number of carbonyl (C=O) groups excluding carboxylic acids is 2. The lowest BCUT2D eigenvalue weighted by atomic mass is 10.1. The van der Waals surface area contributed by atoms with Gasteiger partial charge in [-0.1, -0.05) is 41.9 Å². The fraction of sp³-hybridized carbons (Fsp3) is 0.0625. The van der Waals surface area contributed by atoms with Gasteiger partial charge in [0.25, 0.3) is 0 Å². The second-order valence-corrected chi connectivity index (χ2v) is 4.49. The summed E-state index contributed by atoms with van der Waals surface area (Å²) in [6.07, 6.45) is 2.97. The highest BCUT2D eigenvalue weighted by atomic mass is 35.5. The van der Waals surface area contributed by atoms with Crippen LogP contribution in [0.2, 0.25) is 5.15 Å². The van der Waals surface area contributed by atoms with E-state index in [0.717, 1.165) is 0 Å². The van der Waals surface area contributed by atoms with E-state index < -0.39 is 5.97 Å². The van der Waals surface area contributed by atoms with Crippen LogP contribution in [0.5, 0.6) is 0 Å². The third-order valence-electron chi connectivity index (χ3n) is 2.74. The summed E-state index contributed by atoms with van der Waals surface area (Å²) in [6, 6.07) is 12.0. The molecule has 1 aromatic carbocycles. The summed E-state index contributed by atoms with van der Waals surface area (Å²) in [4.78, 5) is 27.2. The molecule has 1 aromatic heterocycles. The number of ether oxygens (including phenoxy) is 1. The Morgan fingerprint density at radius 2 is 1.86 bits per heavy atom. The summed E-state index contributed by atoms with van der Waals surface area (Å²) in [6.45, 7) is 0. The van der Waals surface area contributed by atoms with Gasteiger partial charge < -0.3 is 4.74 Å². The molecule has 5 heteroatoms. The van der Waals surface area contributed by atoms with Gasteiger partial charge in [0.05, 0.1) is 7.11 Å². The Balaban J connectivity index is 2.18. The van der Waals surface area contributed by atoms with E-state index in [0.29, 0.717) is 11.1 Å². The number of aromatic nitrogens is 1. The highest BCUT2D eigenvalue weighted by Gasteiger charge is 2.09. The molecule has 0 amide bonds. The average Bonchev–Trinajstić information content (AvgIpc) is 2.53. The summed E-state index contributed by atoms with van der Waals surface area (Å²) in [5, 5.41) is 0.134. The van der Waals surface area contributed by atoms with E-state index in [4.69, 9.17) is 11.6 Å². The summed E-state index contributed by atoms with van der Waals surface area (Å²) >= 11 is 5.98. The smallest absolute Gasteiger partial charge is 0.356 e. The zero-order chi connectivity index (χ0) is 15.2. The zero-order valence-electron chi connectivity index (χ0n) is 11.2. The van der Waals surface area contributed by atoms with Gasteiger partial charge in [-0.15, -0.1) is 0 Å². The number of pyridine rings is 1. The van der Waals surface area contributed by atoms with Crippen LogP contribution in [0, 0.1) is 0 Å². The summed E-state index contributed by atoms with van der Waals surface area (Å²) in [7, 11) is 1.27. The van der Waals surface area contributed by atoms with Gasteiger partial charge >= 0.3 is 5.97 Å². The number of hydrogen-bond acceptors (Lipinski definition) is 4. The summed E-state index contributed by atoms with van der Waals surface area (Å²) < 4.78 is 4.55. The molecule has 2 rings (SSSR count). The van der Waals surface area contributed by atoms with Crippen LogP contribution in [0.15, 0.2) is 48.5 Å². The maximum Gasteiger partial charge on any atom is 0.356 e. The number of benzene rings is 1. The van der Waals surface area contributed by atoms with Crippen molar-refractivity contribution < 1.29 is 14.3 Å². The second kappa shape index (κ2) is 6.81. The van der Waals surface area contributed by atoms with Crippen LogP contribution in [0.4, 0.5) is 0 Å². The van der Waals surface area contributed by atoms with Crippen LogP contribution in [-0.4, -0.2) is 23.8 Å². The van der Waals surface area contributed by atoms with E-state index in [1.165, 1.54) is 19.3 Å². The maximum absolute atomic E-state index is 11.9. The number of carbonyl (C=O) groups is 2. The molecule has 0 atom stereocenters. The Morgan fingerprint density at radius 1 is 1.14 bits per heavy atom. The van der Waals surface area contributed by atoms with E-state index in [1.54, 1.807) is 36.4 Å². The van der Waals surface area contributed by atoms with Gasteiger partial charge in [-0.25, -0.2) is 9.78 Å². The molecule has 21 heavy (non-hydrogen) atoms. The minimum Gasteiger partial charge on any atom is -0.464 e. The van der Waals surface area contributed by atoms with Crippen LogP contribution in [0.3, 0.4) is 0 Å². The van der Waals surface area contributed by atoms with Crippen molar-refractivity contribution in [3.63, 3.8) is 0 Å². The van der Waals surface area contributed by atoms with E-state index in [2.05, 4.69) is 9.72 Å². The van der Waals surface area contributed by atoms with Crippen LogP contribution in [0.25, 0.3) is 6.08 Å². The van der Waals surface area contributed by atoms with E-state index in [-0.39, 0.29) is 16.6 Å². The number of hydrogen-bond donors (Lipinski definition) is 0. The molecule has 0 saturated heterocycles. The fourth-order valence-electron chi connectivity index (χ4n) is 1.65. The minimum absolute atomic E-state index is 0.119.